The van der Waals surface area contributed by atoms with Gasteiger partial charge in [0.2, 0.25) is 5.88 Å². The molecule has 8 nitrogen and oxygen atoms in total. The molecule has 1 aliphatic rings. The van der Waals surface area contributed by atoms with Crippen LogP contribution in [0.15, 0.2) is 48.5 Å². The Hall–Kier alpha value is -3.53. The first-order chi connectivity index (χ1) is 17.9. The van der Waals surface area contributed by atoms with Crippen molar-refractivity contribution < 1.29 is 13.9 Å². The minimum absolute atomic E-state index is 0.230. The van der Waals surface area contributed by atoms with Gasteiger partial charge in [-0.2, -0.15) is 0 Å². The molecule has 0 unspecified atom stereocenters. The zero-order valence-corrected chi connectivity index (χ0v) is 21.5. The molecule has 0 bridgehead atoms. The van der Waals surface area contributed by atoms with Crippen molar-refractivity contribution in [1.82, 2.24) is 25.0 Å². The molecule has 192 valence electrons. The summed E-state index contributed by atoms with van der Waals surface area (Å²) in [6.45, 7) is 5.68. The minimum atomic E-state index is -0.459. The van der Waals surface area contributed by atoms with Crippen LogP contribution in [-0.4, -0.2) is 78.5 Å². The van der Waals surface area contributed by atoms with Crippen LogP contribution >= 0.6 is 11.6 Å². The van der Waals surface area contributed by atoms with Crippen molar-refractivity contribution in [2.75, 3.05) is 59.2 Å². The Balaban J connectivity index is 1.44. The number of nitrogens with zero attached hydrogens (tertiary/aromatic N) is 5. The van der Waals surface area contributed by atoms with Gasteiger partial charge in [-0.3, -0.25) is 4.90 Å². The largest absolute Gasteiger partial charge is 0.492 e. The molecule has 2 aromatic heterocycles. The van der Waals surface area contributed by atoms with Crippen LogP contribution in [-0.2, 0) is 0 Å². The third-order valence-electron chi connectivity index (χ3n) is 6.52. The van der Waals surface area contributed by atoms with Crippen molar-refractivity contribution >= 4 is 28.2 Å². The van der Waals surface area contributed by atoms with Crippen LogP contribution in [0.3, 0.4) is 0 Å². The number of ether oxygens (including phenoxy) is 2. The Kier molecular flexibility index (Phi) is 7.36. The molecule has 3 heterocycles. The molecule has 10 heteroatoms. The molecular formula is C27H28ClFN6O2. The highest BCUT2D eigenvalue weighted by atomic mass is 35.5. The SMILES string of the molecule is COc1nnc(-c2cc(Cl)ccc2F)cc1-c1cc(N)c2ccc(OCCN3CCN(C)CC3)cc2n1. The van der Waals surface area contributed by atoms with Crippen molar-refractivity contribution in [3.8, 4) is 34.1 Å². The van der Waals surface area contributed by atoms with Crippen molar-refractivity contribution in [1.29, 1.82) is 0 Å². The maximum Gasteiger partial charge on any atom is 0.242 e. The van der Waals surface area contributed by atoms with E-state index < -0.39 is 5.82 Å². The number of methoxy groups -OCH3 is 1. The van der Waals surface area contributed by atoms with E-state index in [2.05, 4.69) is 27.0 Å². The normalized spacial score (nSPS) is 14.7. The number of aromatic nitrogens is 3. The Labute approximate surface area is 219 Å². The monoisotopic (exact) mass is 522 g/mol. The summed E-state index contributed by atoms with van der Waals surface area (Å²) in [4.78, 5) is 9.54. The van der Waals surface area contributed by atoms with Crippen LogP contribution < -0.4 is 15.2 Å². The van der Waals surface area contributed by atoms with Gasteiger partial charge in [-0.1, -0.05) is 11.6 Å². The number of benzene rings is 2. The lowest BCUT2D eigenvalue weighted by Crippen LogP contribution is -2.45. The number of likely N-dealkylation sites (N-methyl/N-ethyl adjacent to an activating group) is 1. The first-order valence-electron chi connectivity index (χ1n) is 12.0. The highest BCUT2D eigenvalue weighted by Gasteiger charge is 2.17. The maximum atomic E-state index is 14.5. The number of halogens is 2. The van der Waals surface area contributed by atoms with E-state index in [-0.39, 0.29) is 11.4 Å². The summed E-state index contributed by atoms with van der Waals surface area (Å²) in [7, 11) is 3.63. The highest BCUT2D eigenvalue weighted by molar-refractivity contribution is 6.30. The van der Waals surface area contributed by atoms with Gasteiger partial charge in [-0.25, -0.2) is 9.37 Å². The van der Waals surface area contributed by atoms with Crippen molar-refractivity contribution in [2.45, 2.75) is 0 Å². The molecule has 1 aliphatic heterocycles. The second-order valence-electron chi connectivity index (χ2n) is 9.05. The minimum Gasteiger partial charge on any atom is -0.492 e. The summed E-state index contributed by atoms with van der Waals surface area (Å²) in [5.41, 5.74) is 9.19. The molecule has 0 spiro atoms. The van der Waals surface area contributed by atoms with Crippen molar-refractivity contribution in [2.24, 2.45) is 0 Å². The first-order valence-corrected chi connectivity index (χ1v) is 12.4. The molecule has 0 amide bonds. The van der Waals surface area contributed by atoms with Crippen LogP contribution in [0.25, 0.3) is 33.4 Å². The molecule has 4 aromatic rings. The summed E-state index contributed by atoms with van der Waals surface area (Å²) in [5.74, 6) is 0.503. The van der Waals surface area contributed by atoms with E-state index in [4.69, 9.17) is 31.8 Å². The number of hydrogen-bond acceptors (Lipinski definition) is 8. The van der Waals surface area contributed by atoms with Gasteiger partial charge < -0.3 is 20.1 Å². The van der Waals surface area contributed by atoms with Crippen LogP contribution in [0.1, 0.15) is 0 Å². The van der Waals surface area contributed by atoms with E-state index >= 15 is 0 Å². The average Bonchev–Trinajstić information content (AvgIpc) is 2.90. The smallest absolute Gasteiger partial charge is 0.242 e. The van der Waals surface area contributed by atoms with Crippen molar-refractivity contribution in [3.05, 3.63) is 59.4 Å². The van der Waals surface area contributed by atoms with Gasteiger partial charge in [0.05, 0.1) is 29.6 Å². The topological polar surface area (TPSA) is 89.6 Å². The number of rotatable bonds is 7. The van der Waals surface area contributed by atoms with Crippen LogP contribution in [0.2, 0.25) is 5.02 Å². The summed E-state index contributed by atoms with van der Waals surface area (Å²) >= 11 is 6.08. The Morgan fingerprint density at radius 2 is 1.78 bits per heavy atom. The van der Waals surface area contributed by atoms with Gasteiger partial charge >= 0.3 is 0 Å². The number of pyridine rings is 1. The van der Waals surface area contributed by atoms with Crippen LogP contribution in [0.5, 0.6) is 11.6 Å². The molecule has 2 N–H and O–H groups in total. The Morgan fingerprint density at radius 3 is 2.57 bits per heavy atom. The molecule has 0 aliphatic carbocycles. The number of hydrogen-bond donors (Lipinski definition) is 1. The first kappa shape index (κ1) is 25.1. The van der Waals surface area contributed by atoms with E-state index in [9.17, 15) is 4.39 Å². The van der Waals surface area contributed by atoms with Gasteiger partial charge in [-0.05, 0) is 49.5 Å². The number of fused-ring (bicyclic) bond motifs is 1. The highest BCUT2D eigenvalue weighted by Crippen LogP contribution is 2.35. The second kappa shape index (κ2) is 10.8. The Bertz CT molecular complexity index is 1430. The van der Waals surface area contributed by atoms with Crippen LogP contribution in [0.4, 0.5) is 10.1 Å². The number of piperazine rings is 1. The molecule has 5 rings (SSSR count). The third kappa shape index (κ3) is 5.58. The maximum absolute atomic E-state index is 14.5. The molecule has 0 saturated carbocycles. The second-order valence-corrected chi connectivity index (χ2v) is 9.48. The number of nitrogens with two attached hydrogens (primary N) is 1. The summed E-state index contributed by atoms with van der Waals surface area (Å²) in [6, 6.07) is 13.4. The lowest BCUT2D eigenvalue weighted by Gasteiger charge is -2.32. The summed E-state index contributed by atoms with van der Waals surface area (Å²) < 4.78 is 26.0. The van der Waals surface area contributed by atoms with E-state index in [0.29, 0.717) is 45.5 Å². The lowest BCUT2D eigenvalue weighted by molar-refractivity contribution is 0.134. The predicted molar refractivity (Wildman–Crippen MR) is 144 cm³/mol. The molecular weight excluding hydrogens is 495 g/mol. The van der Waals surface area contributed by atoms with Crippen LogP contribution in [0, 0.1) is 5.82 Å². The zero-order valence-electron chi connectivity index (χ0n) is 20.7. The Morgan fingerprint density at radius 1 is 0.973 bits per heavy atom. The van der Waals surface area contributed by atoms with E-state index in [1.54, 1.807) is 12.1 Å². The summed E-state index contributed by atoms with van der Waals surface area (Å²) in [5, 5.41) is 9.46. The standard InChI is InChI=1S/C27H28ClFN6O2/c1-34-7-9-35(10-8-34)11-12-37-18-4-5-19-23(30)16-25(31-24(19)14-18)21-15-26(32-33-27(21)36-2)20-13-17(28)3-6-22(20)29/h3-6,13-16H,7-12H2,1-2H3,(H2,30,31). The fraction of sp³-hybridized carbons (Fsp3) is 0.296. The molecule has 37 heavy (non-hydrogen) atoms. The zero-order chi connectivity index (χ0) is 25.9. The average molecular weight is 523 g/mol. The molecule has 0 radical (unpaired) electrons. The van der Waals surface area contributed by atoms with Gasteiger partial charge in [0, 0.05) is 60.4 Å². The fourth-order valence-corrected chi connectivity index (χ4v) is 4.54. The number of nitrogen functional groups attached to an aromatic ring is 1. The third-order valence-corrected chi connectivity index (χ3v) is 6.75. The van der Waals surface area contributed by atoms with E-state index in [1.165, 1.54) is 25.3 Å². The van der Waals surface area contributed by atoms with Gasteiger partial charge in [0.25, 0.3) is 0 Å². The van der Waals surface area contributed by atoms with E-state index in [0.717, 1.165) is 38.1 Å². The summed E-state index contributed by atoms with van der Waals surface area (Å²) in [6.07, 6.45) is 0. The van der Waals surface area contributed by atoms with Gasteiger partial charge in [-0.15, -0.1) is 10.2 Å². The molecule has 2 aromatic carbocycles. The molecule has 0 atom stereocenters. The van der Waals surface area contributed by atoms with Gasteiger partial charge in [0.15, 0.2) is 0 Å². The predicted octanol–water partition coefficient (Wildman–Crippen LogP) is 4.37. The number of anilines is 1. The fourth-order valence-electron chi connectivity index (χ4n) is 4.37. The van der Waals surface area contributed by atoms with Crippen molar-refractivity contribution in [3.63, 3.8) is 0 Å². The van der Waals surface area contributed by atoms with Gasteiger partial charge in [0.1, 0.15) is 18.2 Å². The molecule has 1 saturated heterocycles. The quantitative estimate of drug-likeness (QED) is 0.383. The van der Waals surface area contributed by atoms with E-state index in [1.807, 2.05) is 18.2 Å². The molecule has 1 fully saturated rings. The lowest BCUT2D eigenvalue weighted by atomic mass is 10.1.